The van der Waals surface area contributed by atoms with E-state index in [4.69, 9.17) is 15.2 Å². The van der Waals surface area contributed by atoms with Gasteiger partial charge in [0.05, 0.1) is 18.8 Å². The van der Waals surface area contributed by atoms with Crippen LogP contribution in [0.1, 0.15) is 43.0 Å². The molecule has 2 N–H and O–H groups in total. The van der Waals surface area contributed by atoms with E-state index in [1.807, 2.05) is 6.92 Å². The maximum atomic E-state index is 5.97. The van der Waals surface area contributed by atoms with Crippen molar-refractivity contribution in [2.45, 2.75) is 44.6 Å². The van der Waals surface area contributed by atoms with Crippen LogP contribution in [0.25, 0.3) is 0 Å². The number of ether oxygens (including phenoxy) is 2. The van der Waals surface area contributed by atoms with Crippen LogP contribution in [-0.4, -0.2) is 29.3 Å². The van der Waals surface area contributed by atoms with Crippen molar-refractivity contribution in [1.29, 1.82) is 0 Å². The van der Waals surface area contributed by atoms with Crippen LogP contribution in [0.15, 0.2) is 0 Å². The number of nitrogens with zero attached hydrogens (tertiary/aromatic N) is 2. The Morgan fingerprint density at radius 2 is 1.89 bits per heavy atom. The summed E-state index contributed by atoms with van der Waals surface area (Å²) >= 11 is 0. The number of rotatable bonds is 3. The first kappa shape index (κ1) is 11.7. The zero-order valence-electron chi connectivity index (χ0n) is 10.7. The zero-order chi connectivity index (χ0) is 12.5. The molecular weight excluding hydrogens is 230 g/mol. The molecular formula is C13H19N3O2. The molecule has 0 aromatic carbocycles. The molecule has 0 amide bonds. The number of hydrogen-bond acceptors (Lipinski definition) is 5. The second-order valence-corrected chi connectivity index (χ2v) is 5.10. The first-order chi connectivity index (χ1) is 8.74. The molecule has 0 unspecified atom stereocenters. The quantitative estimate of drug-likeness (QED) is 0.884. The molecule has 1 aliphatic heterocycles. The molecule has 2 heterocycles. The number of hydrogen-bond donors (Lipinski definition) is 1. The molecule has 0 atom stereocenters. The van der Waals surface area contributed by atoms with E-state index in [-0.39, 0.29) is 6.10 Å². The molecule has 5 heteroatoms. The van der Waals surface area contributed by atoms with E-state index < -0.39 is 0 Å². The van der Waals surface area contributed by atoms with E-state index in [9.17, 15) is 0 Å². The summed E-state index contributed by atoms with van der Waals surface area (Å²) in [6.07, 6.45) is 4.36. The smallest absolute Gasteiger partial charge is 0.222 e. The molecule has 18 heavy (non-hydrogen) atoms. The minimum absolute atomic E-state index is 0.193. The molecule has 1 aromatic rings. The molecule has 98 valence electrons. The predicted molar refractivity (Wildman–Crippen MR) is 67.6 cm³/mol. The maximum Gasteiger partial charge on any atom is 0.222 e. The van der Waals surface area contributed by atoms with Crippen LogP contribution in [0.2, 0.25) is 0 Å². The molecule has 0 bridgehead atoms. The molecule has 1 aromatic heterocycles. The third-order valence-electron chi connectivity index (χ3n) is 3.55. The number of anilines is 1. The van der Waals surface area contributed by atoms with Gasteiger partial charge in [0.25, 0.3) is 0 Å². The lowest BCUT2D eigenvalue weighted by Gasteiger charge is -2.23. The molecule has 0 spiro atoms. The summed E-state index contributed by atoms with van der Waals surface area (Å²) in [5.74, 6) is 2.55. The second kappa shape index (κ2) is 4.72. The number of nitrogen functional groups attached to an aromatic ring is 1. The average Bonchev–Trinajstić information content (AvgIpc) is 3.20. The summed E-state index contributed by atoms with van der Waals surface area (Å²) in [5, 5.41) is 0. The van der Waals surface area contributed by atoms with E-state index in [1.165, 1.54) is 12.8 Å². The van der Waals surface area contributed by atoms with Crippen LogP contribution in [0.5, 0.6) is 5.88 Å². The summed E-state index contributed by atoms with van der Waals surface area (Å²) in [6, 6.07) is 0. The van der Waals surface area contributed by atoms with Gasteiger partial charge < -0.3 is 15.2 Å². The fourth-order valence-corrected chi connectivity index (χ4v) is 2.12. The van der Waals surface area contributed by atoms with Crippen LogP contribution >= 0.6 is 0 Å². The summed E-state index contributed by atoms with van der Waals surface area (Å²) in [7, 11) is 0. The SMILES string of the molecule is Cc1c(N)nc(C2CC2)nc1OC1CCOCC1. The van der Waals surface area contributed by atoms with Crippen molar-refractivity contribution < 1.29 is 9.47 Å². The van der Waals surface area contributed by atoms with Crippen LogP contribution in [-0.2, 0) is 4.74 Å². The lowest BCUT2D eigenvalue weighted by atomic mass is 10.1. The van der Waals surface area contributed by atoms with E-state index in [1.54, 1.807) is 0 Å². The fraction of sp³-hybridized carbons (Fsp3) is 0.692. The Hall–Kier alpha value is -1.36. The molecule has 3 rings (SSSR count). The van der Waals surface area contributed by atoms with Gasteiger partial charge in [-0.1, -0.05) is 0 Å². The van der Waals surface area contributed by atoms with E-state index >= 15 is 0 Å². The van der Waals surface area contributed by atoms with Gasteiger partial charge in [-0.15, -0.1) is 0 Å². The molecule has 1 saturated heterocycles. The number of nitrogens with two attached hydrogens (primary N) is 1. The van der Waals surface area contributed by atoms with Crippen molar-refractivity contribution in [2.75, 3.05) is 18.9 Å². The molecule has 1 aliphatic carbocycles. The van der Waals surface area contributed by atoms with Gasteiger partial charge >= 0.3 is 0 Å². The second-order valence-electron chi connectivity index (χ2n) is 5.10. The first-order valence-corrected chi connectivity index (χ1v) is 6.62. The lowest BCUT2D eigenvalue weighted by Crippen LogP contribution is -2.26. The van der Waals surface area contributed by atoms with Gasteiger partial charge in [0.2, 0.25) is 5.88 Å². The highest BCUT2D eigenvalue weighted by molar-refractivity contribution is 5.45. The summed E-state index contributed by atoms with van der Waals surface area (Å²) < 4.78 is 11.3. The van der Waals surface area contributed by atoms with E-state index in [0.29, 0.717) is 17.6 Å². The van der Waals surface area contributed by atoms with Crippen molar-refractivity contribution in [3.63, 3.8) is 0 Å². The normalized spacial score (nSPS) is 20.9. The summed E-state index contributed by atoms with van der Waals surface area (Å²) in [6.45, 7) is 3.44. The van der Waals surface area contributed by atoms with Gasteiger partial charge in [-0.25, -0.2) is 4.98 Å². The van der Waals surface area contributed by atoms with E-state index in [0.717, 1.165) is 37.4 Å². The van der Waals surface area contributed by atoms with Gasteiger partial charge in [-0.3, -0.25) is 0 Å². The average molecular weight is 249 g/mol. The van der Waals surface area contributed by atoms with Gasteiger partial charge in [0.15, 0.2) is 0 Å². The third kappa shape index (κ3) is 2.41. The molecule has 2 fully saturated rings. The fourth-order valence-electron chi connectivity index (χ4n) is 2.12. The Morgan fingerprint density at radius 1 is 1.17 bits per heavy atom. The van der Waals surface area contributed by atoms with Gasteiger partial charge in [0.1, 0.15) is 17.7 Å². The minimum atomic E-state index is 0.193. The van der Waals surface area contributed by atoms with Crippen LogP contribution in [0.4, 0.5) is 5.82 Å². The standard InChI is InChI=1S/C13H19N3O2/c1-8-11(14)15-12(9-2-3-9)16-13(8)18-10-4-6-17-7-5-10/h9-10H,2-7H2,1H3,(H2,14,15,16). The highest BCUT2D eigenvalue weighted by Gasteiger charge is 2.28. The van der Waals surface area contributed by atoms with Crippen molar-refractivity contribution in [3.05, 3.63) is 11.4 Å². The highest BCUT2D eigenvalue weighted by atomic mass is 16.5. The van der Waals surface area contributed by atoms with E-state index in [2.05, 4.69) is 9.97 Å². The van der Waals surface area contributed by atoms with Crippen LogP contribution < -0.4 is 10.5 Å². The van der Waals surface area contributed by atoms with Crippen molar-refractivity contribution in [1.82, 2.24) is 9.97 Å². The highest BCUT2D eigenvalue weighted by Crippen LogP contribution is 2.39. The monoisotopic (exact) mass is 249 g/mol. The Morgan fingerprint density at radius 3 is 2.56 bits per heavy atom. The topological polar surface area (TPSA) is 70.3 Å². The Labute approximate surface area is 107 Å². The lowest BCUT2D eigenvalue weighted by molar-refractivity contribution is 0.0233. The largest absolute Gasteiger partial charge is 0.474 e. The maximum absolute atomic E-state index is 5.97. The minimum Gasteiger partial charge on any atom is -0.474 e. The van der Waals surface area contributed by atoms with Crippen molar-refractivity contribution >= 4 is 5.82 Å². The molecule has 2 aliphatic rings. The molecule has 1 saturated carbocycles. The van der Waals surface area contributed by atoms with Crippen molar-refractivity contribution in [2.24, 2.45) is 0 Å². The van der Waals surface area contributed by atoms with Gasteiger partial charge in [-0.2, -0.15) is 4.98 Å². The zero-order valence-corrected chi connectivity index (χ0v) is 10.7. The Kier molecular flexibility index (Phi) is 3.07. The van der Waals surface area contributed by atoms with Gasteiger partial charge in [-0.05, 0) is 19.8 Å². The van der Waals surface area contributed by atoms with Crippen LogP contribution in [0.3, 0.4) is 0 Å². The summed E-state index contributed by atoms with van der Waals surface area (Å²) in [5.41, 5.74) is 6.79. The van der Waals surface area contributed by atoms with Crippen LogP contribution in [0, 0.1) is 6.92 Å². The van der Waals surface area contributed by atoms with Gasteiger partial charge in [0, 0.05) is 18.8 Å². The predicted octanol–water partition coefficient (Wildman–Crippen LogP) is 1.80. The van der Waals surface area contributed by atoms with Crippen molar-refractivity contribution in [3.8, 4) is 5.88 Å². The first-order valence-electron chi connectivity index (χ1n) is 6.62. The molecule has 5 nitrogen and oxygen atoms in total. The number of aromatic nitrogens is 2. The third-order valence-corrected chi connectivity index (χ3v) is 3.55. The Balaban J connectivity index is 1.80. The summed E-state index contributed by atoms with van der Waals surface area (Å²) in [4.78, 5) is 8.89. The molecule has 0 radical (unpaired) electrons. The Bertz CT molecular complexity index is 440.